The molecule has 2 atom stereocenters. The molecule has 27 heavy (non-hydrogen) atoms. The molecule has 2 aromatic carbocycles. The Balaban J connectivity index is 1.69. The predicted molar refractivity (Wildman–Crippen MR) is 108 cm³/mol. The quantitative estimate of drug-likeness (QED) is 0.543. The molecule has 2 amide bonds. The van der Waals surface area contributed by atoms with E-state index in [9.17, 15) is 14.7 Å². The summed E-state index contributed by atoms with van der Waals surface area (Å²) in [7, 11) is 0. The summed E-state index contributed by atoms with van der Waals surface area (Å²) in [5, 5.41) is 16.6. The van der Waals surface area contributed by atoms with Gasteiger partial charge in [-0.15, -0.1) is 0 Å². The second kappa shape index (κ2) is 7.94. The van der Waals surface area contributed by atoms with Crippen molar-refractivity contribution >= 4 is 38.6 Å². The van der Waals surface area contributed by atoms with Crippen LogP contribution in [0.3, 0.4) is 0 Å². The lowest BCUT2D eigenvalue weighted by molar-refractivity contribution is 0.139. The van der Waals surface area contributed by atoms with Gasteiger partial charge in [0.25, 0.3) is 0 Å². The number of urea groups is 1. The van der Waals surface area contributed by atoms with Crippen molar-refractivity contribution in [1.29, 1.82) is 0 Å². The van der Waals surface area contributed by atoms with Gasteiger partial charge in [-0.3, -0.25) is 0 Å². The molecule has 0 aliphatic heterocycles. The Morgan fingerprint density at radius 3 is 2.56 bits per heavy atom. The Morgan fingerprint density at radius 2 is 1.85 bits per heavy atom. The third-order valence-electron chi connectivity index (χ3n) is 4.25. The van der Waals surface area contributed by atoms with Gasteiger partial charge in [0.05, 0.1) is 12.1 Å². The van der Waals surface area contributed by atoms with Crippen LogP contribution in [0.25, 0.3) is 11.0 Å². The Bertz CT molecular complexity index is 1030. The van der Waals surface area contributed by atoms with Gasteiger partial charge >= 0.3 is 11.7 Å². The van der Waals surface area contributed by atoms with Gasteiger partial charge in [0.2, 0.25) is 0 Å². The molecule has 0 saturated heterocycles. The fraction of sp³-hybridized carbons (Fsp3) is 0.200. The summed E-state index contributed by atoms with van der Waals surface area (Å²) in [5.74, 6) is 0. The highest BCUT2D eigenvalue weighted by atomic mass is 79.9. The predicted octanol–water partition coefficient (Wildman–Crippen LogP) is 4.11. The number of aliphatic hydroxyl groups is 1. The van der Waals surface area contributed by atoms with E-state index in [4.69, 9.17) is 4.42 Å². The van der Waals surface area contributed by atoms with E-state index in [0.29, 0.717) is 16.8 Å². The van der Waals surface area contributed by atoms with Crippen LogP contribution in [0.4, 0.5) is 10.5 Å². The lowest BCUT2D eigenvalue weighted by Gasteiger charge is -2.21. The molecule has 0 spiro atoms. The van der Waals surface area contributed by atoms with Crippen LogP contribution in [-0.2, 0) is 0 Å². The van der Waals surface area contributed by atoms with Crippen molar-refractivity contribution in [2.45, 2.75) is 26.0 Å². The number of amides is 2. The van der Waals surface area contributed by atoms with Crippen LogP contribution in [0.1, 0.15) is 24.2 Å². The highest BCUT2D eigenvalue weighted by Crippen LogP contribution is 2.22. The molecule has 0 radical (unpaired) electrons. The molecule has 3 rings (SSSR count). The minimum absolute atomic E-state index is 0.403. The fourth-order valence-electron chi connectivity index (χ4n) is 2.80. The molecule has 0 fully saturated rings. The summed E-state index contributed by atoms with van der Waals surface area (Å²) < 4.78 is 6.09. The molecular formula is C20H19BrN2O4. The molecule has 3 N–H and O–H groups in total. The van der Waals surface area contributed by atoms with E-state index in [1.54, 1.807) is 37.3 Å². The summed E-state index contributed by atoms with van der Waals surface area (Å²) in [5.41, 5.74) is 1.96. The fourth-order valence-corrected chi connectivity index (χ4v) is 3.07. The number of carbonyl (C=O) groups excluding carboxylic acids is 1. The van der Waals surface area contributed by atoms with Gasteiger partial charge < -0.3 is 20.2 Å². The van der Waals surface area contributed by atoms with Gasteiger partial charge in [-0.2, -0.15) is 0 Å². The van der Waals surface area contributed by atoms with Gasteiger partial charge in [0.1, 0.15) is 5.58 Å². The van der Waals surface area contributed by atoms with Gasteiger partial charge in [-0.1, -0.05) is 28.1 Å². The SMILES string of the molecule is Cc1cc(=O)oc2cc(NC(=O)N[C@@H](C)[C@H](O)c3ccc(Br)cc3)ccc12. The van der Waals surface area contributed by atoms with Gasteiger partial charge in [-0.05, 0) is 49.2 Å². The number of aliphatic hydroxyl groups excluding tert-OH is 1. The number of carbonyl (C=O) groups is 1. The molecule has 0 aliphatic rings. The maximum atomic E-state index is 12.2. The highest BCUT2D eigenvalue weighted by molar-refractivity contribution is 9.10. The third-order valence-corrected chi connectivity index (χ3v) is 4.78. The molecule has 0 saturated carbocycles. The van der Waals surface area contributed by atoms with E-state index >= 15 is 0 Å². The minimum atomic E-state index is -0.846. The number of nitrogens with one attached hydrogen (secondary N) is 2. The van der Waals surface area contributed by atoms with Gasteiger partial charge in [-0.25, -0.2) is 9.59 Å². The second-order valence-corrected chi connectivity index (χ2v) is 7.26. The summed E-state index contributed by atoms with van der Waals surface area (Å²) in [4.78, 5) is 23.8. The Labute approximate surface area is 164 Å². The number of rotatable bonds is 4. The lowest BCUT2D eigenvalue weighted by Crippen LogP contribution is -2.39. The van der Waals surface area contributed by atoms with Crippen LogP contribution in [-0.4, -0.2) is 17.2 Å². The average molecular weight is 431 g/mol. The summed E-state index contributed by atoms with van der Waals surface area (Å²) in [6.07, 6.45) is -0.846. The van der Waals surface area contributed by atoms with Crippen molar-refractivity contribution in [3.8, 4) is 0 Å². The molecule has 140 valence electrons. The van der Waals surface area contributed by atoms with Crippen molar-refractivity contribution in [3.05, 3.63) is 74.6 Å². The van der Waals surface area contributed by atoms with Crippen LogP contribution in [0, 0.1) is 6.92 Å². The van der Waals surface area contributed by atoms with Crippen LogP contribution in [0.2, 0.25) is 0 Å². The monoisotopic (exact) mass is 430 g/mol. The number of aryl methyl sites for hydroxylation is 1. The van der Waals surface area contributed by atoms with Crippen molar-refractivity contribution in [3.63, 3.8) is 0 Å². The second-order valence-electron chi connectivity index (χ2n) is 6.34. The molecular weight excluding hydrogens is 412 g/mol. The normalized spacial score (nSPS) is 13.2. The topological polar surface area (TPSA) is 91.6 Å². The van der Waals surface area contributed by atoms with Crippen LogP contribution in [0.5, 0.6) is 0 Å². The van der Waals surface area contributed by atoms with Gasteiger partial charge in [0, 0.05) is 27.7 Å². The van der Waals surface area contributed by atoms with E-state index < -0.39 is 23.8 Å². The van der Waals surface area contributed by atoms with Gasteiger partial charge in [0.15, 0.2) is 0 Å². The smallest absolute Gasteiger partial charge is 0.336 e. The largest absolute Gasteiger partial charge is 0.423 e. The zero-order valence-corrected chi connectivity index (χ0v) is 16.4. The standard InChI is InChI=1S/C20H19BrN2O4/c1-11-9-18(24)27-17-10-15(7-8-16(11)17)23-20(26)22-12(2)19(25)13-3-5-14(21)6-4-13/h3-10,12,19,25H,1-2H3,(H2,22,23,26)/t12-,19-/m0/s1. The van der Waals surface area contributed by atoms with Crippen molar-refractivity contribution in [1.82, 2.24) is 5.32 Å². The summed E-state index contributed by atoms with van der Waals surface area (Å²) in [6.45, 7) is 3.54. The van der Waals surface area contributed by atoms with E-state index in [1.165, 1.54) is 6.07 Å². The molecule has 0 aliphatic carbocycles. The minimum Gasteiger partial charge on any atom is -0.423 e. The molecule has 3 aromatic rings. The first-order valence-electron chi connectivity index (χ1n) is 8.39. The summed E-state index contributed by atoms with van der Waals surface area (Å²) >= 11 is 3.35. The van der Waals surface area contributed by atoms with Crippen LogP contribution in [0.15, 0.2) is 62.2 Å². The molecule has 1 aromatic heterocycles. The van der Waals surface area contributed by atoms with Crippen LogP contribution < -0.4 is 16.3 Å². The number of anilines is 1. The first kappa shape index (κ1) is 19.1. The zero-order valence-electron chi connectivity index (χ0n) is 14.8. The molecule has 6 nitrogen and oxygen atoms in total. The lowest BCUT2D eigenvalue weighted by atomic mass is 10.0. The Hall–Kier alpha value is -2.64. The highest BCUT2D eigenvalue weighted by Gasteiger charge is 2.18. The van der Waals surface area contributed by atoms with Crippen molar-refractivity contribution in [2.24, 2.45) is 0 Å². The van der Waals surface area contributed by atoms with Crippen molar-refractivity contribution < 1.29 is 14.3 Å². The van der Waals surface area contributed by atoms with E-state index in [-0.39, 0.29) is 0 Å². The number of hydrogen-bond donors (Lipinski definition) is 3. The van der Waals surface area contributed by atoms with Crippen molar-refractivity contribution in [2.75, 3.05) is 5.32 Å². The number of fused-ring (bicyclic) bond motifs is 1. The van der Waals surface area contributed by atoms with Crippen LogP contribution >= 0.6 is 15.9 Å². The number of hydrogen-bond acceptors (Lipinski definition) is 4. The third kappa shape index (κ3) is 4.56. The summed E-state index contributed by atoms with van der Waals surface area (Å²) in [6, 6.07) is 12.8. The first-order valence-corrected chi connectivity index (χ1v) is 9.18. The molecule has 0 unspecified atom stereocenters. The number of benzene rings is 2. The molecule has 1 heterocycles. The van der Waals surface area contributed by atoms with E-state index in [1.807, 2.05) is 19.1 Å². The Kier molecular flexibility index (Phi) is 5.62. The first-order chi connectivity index (χ1) is 12.8. The molecule has 0 bridgehead atoms. The maximum absolute atomic E-state index is 12.2. The average Bonchev–Trinajstić information content (AvgIpc) is 2.61. The van der Waals surface area contributed by atoms with E-state index in [2.05, 4.69) is 26.6 Å². The van der Waals surface area contributed by atoms with E-state index in [0.717, 1.165) is 15.4 Å². The Morgan fingerprint density at radius 1 is 1.15 bits per heavy atom. The maximum Gasteiger partial charge on any atom is 0.336 e. The number of halogens is 1. The molecule has 7 heteroatoms. The zero-order chi connectivity index (χ0) is 19.6.